The number of rotatable bonds is 10. The summed E-state index contributed by atoms with van der Waals surface area (Å²) in [5.74, 6) is 0.419. The van der Waals surface area contributed by atoms with Gasteiger partial charge in [-0.3, -0.25) is 14.3 Å². The van der Waals surface area contributed by atoms with Crippen LogP contribution in [0.2, 0.25) is 0 Å². The summed E-state index contributed by atoms with van der Waals surface area (Å²) in [5.41, 5.74) is 1.63. The quantitative estimate of drug-likeness (QED) is 0.375. The normalized spacial score (nSPS) is 15.4. The molecule has 1 aliphatic rings. The van der Waals surface area contributed by atoms with E-state index in [1.807, 2.05) is 4.57 Å². The fourth-order valence-electron chi connectivity index (χ4n) is 4.32. The zero-order chi connectivity index (χ0) is 26.4. The second-order valence-electron chi connectivity index (χ2n) is 9.00. The van der Waals surface area contributed by atoms with Crippen LogP contribution in [-0.4, -0.2) is 59.4 Å². The molecular formula is C25H31FN6O3S2. The maximum Gasteiger partial charge on any atom is 0.238 e. The van der Waals surface area contributed by atoms with Gasteiger partial charge in [-0.2, -0.15) is 0 Å². The highest BCUT2D eigenvalue weighted by Gasteiger charge is 2.25. The Morgan fingerprint density at radius 3 is 2.41 bits per heavy atom. The number of thioether (sulfide) groups is 1. The molecule has 1 atom stereocenters. The predicted molar refractivity (Wildman–Crippen MR) is 140 cm³/mol. The van der Waals surface area contributed by atoms with E-state index in [1.54, 1.807) is 24.3 Å². The Kier molecular flexibility index (Phi) is 8.95. The van der Waals surface area contributed by atoms with Crippen molar-refractivity contribution in [1.29, 1.82) is 0 Å². The summed E-state index contributed by atoms with van der Waals surface area (Å²) in [4.78, 5) is 15.0. The molecule has 37 heavy (non-hydrogen) atoms. The minimum Gasteiger partial charge on any atom is -0.355 e. The summed E-state index contributed by atoms with van der Waals surface area (Å²) in [5, 5.41) is 17.4. The number of likely N-dealkylation sites (tertiary alicyclic amines) is 1. The van der Waals surface area contributed by atoms with Gasteiger partial charge in [0.25, 0.3) is 0 Å². The maximum atomic E-state index is 13.6. The van der Waals surface area contributed by atoms with E-state index >= 15 is 0 Å². The molecule has 3 N–H and O–H groups in total. The molecule has 0 saturated carbocycles. The number of halogens is 1. The van der Waals surface area contributed by atoms with Gasteiger partial charge in [-0.25, -0.2) is 17.9 Å². The molecule has 3 aromatic rings. The SMILES string of the molecule is C[C@H](c1nnc(SCC(=O)NCCc2ccc(S(N)(=O)=O)cc2)n1-c1ccc(F)cc1)N1CCCCC1. The van der Waals surface area contributed by atoms with Crippen LogP contribution < -0.4 is 10.5 Å². The topological polar surface area (TPSA) is 123 Å². The Morgan fingerprint density at radius 1 is 1.08 bits per heavy atom. The highest BCUT2D eigenvalue weighted by atomic mass is 32.2. The number of primary sulfonamides is 1. The van der Waals surface area contributed by atoms with Gasteiger partial charge < -0.3 is 5.32 Å². The minimum atomic E-state index is -3.73. The molecule has 198 valence electrons. The highest BCUT2D eigenvalue weighted by Crippen LogP contribution is 2.29. The first-order chi connectivity index (χ1) is 17.7. The van der Waals surface area contributed by atoms with E-state index < -0.39 is 10.0 Å². The summed E-state index contributed by atoms with van der Waals surface area (Å²) < 4.78 is 38.3. The van der Waals surface area contributed by atoms with Gasteiger partial charge in [-0.15, -0.1) is 10.2 Å². The molecule has 4 rings (SSSR count). The van der Waals surface area contributed by atoms with Crippen molar-refractivity contribution in [3.05, 3.63) is 65.7 Å². The lowest BCUT2D eigenvalue weighted by Gasteiger charge is -2.31. The lowest BCUT2D eigenvalue weighted by Crippen LogP contribution is -2.33. The molecule has 2 aromatic carbocycles. The van der Waals surface area contributed by atoms with Crippen molar-refractivity contribution in [3.63, 3.8) is 0 Å². The average Bonchev–Trinajstić information content (AvgIpc) is 3.31. The van der Waals surface area contributed by atoms with Crippen molar-refractivity contribution < 1.29 is 17.6 Å². The highest BCUT2D eigenvalue weighted by molar-refractivity contribution is 7.99. The first-order valence-corrected chi connectivity index (χ1v) is 14.7. The van der Waals surface area contributed by atoms with Gasteiger partial charge >= 0.3 is 0 Å². The van der Waals surface area contributed by atoms with Gasteiger partial charge in [0.1, 0.15) is 5.82 Å². The average molecular weight is 547 g/mol. The number of carbonyl (C=O) groups is 1. The Hall–Kier alpha value is -2.80. The molecule has 1 fully saturated rings. The monoisotopic (exact) mass is 546 g/mol. The van der Waals surface area contributed by atoms with Crippen molar-refractivity contribution in [2.24, 2.45) is 5.14 Å². The zero-order valence-electron chi connectivity index (χ0n) is 20.6. The molecule has 1 aromatic heterocycles. The van der Waals surface area contributed by atoms with Crippen LogP contribution in [0.15, 0.2) is 58.6 Å². The number of nitrogens with two attached hydrogens (primary N) is 1. The second-order valence-corrected chi connectivity index (χ2v) is 11.5. The number of amides is 1. The van der Waals surface area contributed by atoms with Crippen molar-refractivity contribution >= 4 is 27.7 Å². The van der Waals surface area contributed by atoms with Crippen molar-refractivity contribution in [2.45, 2.75) is 48.7 Å². The van der Waals surface area contributed by atoms with Crippen LogP contribution in [0.1, 0.15) is 43.6 Å². The third-order valence-electron chi connectivity index (χ3n) is 6.38. The smallest absolute Gasteiger partial charge is 0.238 e. The molecule has 0 unspecified atom stereocenters. The summed E-state index contributed by atoms with van der Waals surface area (Å²) in [7, 11) is -3.73. The summed E-state index contributed by atoms with van der Waals surface area (Å²) >= 11 is 1.27. The van der Waals surface area contributed by atoms with E-state index in [0.29, 0.717) is 18.1 Å². The lowest BCUT2D eigenvalue weighted by molar-refractivity contribution is -0.118. The fraction of sp³-hybridized carbons (Fsp3) is 0.400. The largest absolute Gasteiger partial charge is 0.355 e. The number of nitrogens with one attached hydrogen (secondary N) is 1. The molecule has 0 spiro atoms. The standard InChI is InChI=1S/C25H31FN6O3S2/c1-18(31-15-3-2-4-16-31)24-29-30-25(32(24)21-9-7-20(26)8-10-21)36-17-23(33)28-14-13-19-5-11-22(12-6-19)37(27,34)35/h5-12,18H,2-4,13-17H2,1H3,(H,28,33)(H2,27,34,35)/t18-/m1/s1. The van der Waals surface area contributed by atoms with Gasteiger partial charge in [-0.1, -0.05) is 30.3 Å². The van der Waals surface area contributed by atoms with Gasteiger partial charge in [0.2, 0.25) is 15.9 Å². The number of hydrogen-bond acceptors (Lipinski definition) is 7. The Balaban J connectivity index is 1.39. The van der Waals surface area contributed by atoms with E-state index in [1.165, 1.54) is 42.4 Å². The number of piperidine rings is 1. The Bertz CT molecular complexity index is 1310. The van der Waals surface area contributed by atoms with Crippen molar-refractivity contribution in [3.8, 4) is 5.69 Å². The predicted octanol–water partition coefficient (Wildman–Crippen LogP) is 3.05. The number of carbonyl (C=O) groups excluding carboxylic acids is 1. The van der Waals surface area contributed by atoms with Crippen LogP contribution in [0.25, 0.3) is 5.69 Å². The van der Waals surface area contributed by atoms with Crippen molar-refractivity contribution in [2.75, 3.05) is 25.4 Å². The zero-order valence-corrected chi connectivity index (χ0v) is 22.3. The number of benzene rings is 2. The van der Waals surface area contributed by atoms with Crippen LogP contribution in [0, 0.1) is 5.82 Å². The summed E-state index contributed by atoms with van der Waals surface area (Å²) in [6, 6.07) is 12.5. The number of sulfonamides is 1. The molecule has 12 heteroatoms. The molecule has 0 bridgehead atoms. The van der Waals surface area contributed by atoms with Gasteiger partial charge in [0.15, 0.2) is 11.0 Å². The number of nitrogens with zero attached hydrogens (tertiary/aromatic N) is 4. The molecule has 1 saturated heterocycles. The van der Waals surface area contributed by atoms with E-state index in [2.05, 4.69) is 27.3 Å². The van der Waals surface area contributed by atoms with Gasteiger partial charge in [0.05, 0.1) is 16.7 Å². The first-order valence-electron chi connectivity index (χ1n) is 12.2. The van der Waals surface area contributed by atoms with E-state index in [4.69, 9.17) is 5.14 Å². The summed E-state index contributed by atoms with van der Waals surface area (Å²) in [6.45, 7) is 4.49. The van der Waals surface area contributed by atoms with Crippen LogP contribution >= 0.6 is 11.8 Å². The Morgan fingerprint density at radius 2 is 1.76 bits per heavy atom. The number of aromatic nitrogens is 3. The second kappa shape index (κ2) is 12.2. The van der Waals surface area contributed by atoms with E-state index in [0.717, 1.165) is 43.0 Å². The van der Waals surface area contributed by atoms with Crippen LogP contribution in [0.4, 0.5) is 4.39 Å². The van der Waals surface area contributed by atoms with Crippen LogP contribution in [-0.2, 0) is 21.2 Å². The van der Waals surface area contributed by atoms with Crippen LogP contribution in [0.3, 0.4) is 0 Å². The number of hydrogen-bond donors (Lipinski definition) is 2. The molecule has 0 aliphatic carbocycles. The van der Waals surface area contributed by atoms with Crippen LogP contribution in [0.5, 0.6) is 0 Å². The van der Waals surface area contributed by atoms with E-state index in [-0.39, 0.29) is 28.4 Å². The molecule has 2 heterocycles. The maximum absolute atomic E-state index is 13.6. The van der Waals surface area contributed by atoms with Gasteiger partial charge in [-0.05, 0) is 81.2 Å². The van der Waals surface area contributed by atoms with Gasteiger partial charge in [0, 0.05) is 12.2 Å². The summed E-state index contributed by atoms with van der Waals surface area (Å²) in [6.07, 6.45) is 4.07. The van der Waals surface area contributed by atoms with E-state index in [9.17, 15) is 17.6 Å². The lowest BCUT2D eigenvalue weighted by atomic mass is 10.1. The molecule has 1 amide bonds. The third-order valence-corrected chi connectivity index (χ3v) is 8.23. The molecule has 1 aliphatic heterocycles. The third kappa shape index (κ3) is 7.16. The van der Waals surface area contributed by atoms with Crippen molar-refractivity contribution in [1.82, 2.24) is 25.0 Å². The fourth-order valence-corrected chi connectivity index (χ4v) is 5.62. The minimum absolute atomic E-state index is 0.0293. The molecular weight excluding hydrogens is 515 g/mol. The molecule has 0 radical (unpaired) electrons. The molecule has 9 nitrogen and oxygen atoms in total. The first kappa shape index (κ1) is 27.2. The Labute approximate surface area is 220 Å².